The normalized spacial score (nSPS) is 13.9. The second kappa shape index (κ2) is 7.40. The van der Waals surface area contributed by atoms with Gasteiger partial charge in [0, 0.05) is 18.8 Å². The van der Waals surface area contributed by atoms with Crippen molar-refractivity contribution in [3.05, 3.63) is 70.5 Å². The van der Waals surface area contributed by atoms with Crippen LogP contribution in [-0.4, -0.2) is 21.5 Å². The minimum absolute atomic E-state index is 0.118. The lowest BCUT2D eigenvalue weighted by Gasteiger charge is -2.28. The zero-order valence-electron chi connectivity index (χ0n) is 16.4. The smallest absolute Gasteiger partial charge is 0.233 e. The van der Waals surface area contributed by atoms with Crippen molar-refractivity contribution in [1.29, 1.82) is 0 Å². The van der Waals surface area contributed by atoms with E-state index >= 15 is 0 Å². The summed E-state index contributed by atoms with van der Waals surface area (Å²) in [6.45, 7) is 8.23. The van der Waals surface area contributed by atoms with Crippen LogP contribution < -0.4 is 10.2 Å². The molecule has 3 aromatic rings. The number of fused-ring (bicyclic) bond motifs is 1. The highest BCUT2D eigenvalue weighted by molar-refractivity contribution is 6.28. The van der Waals surface area contributed by atoms with Gasteiger partial charge in [0.25, 0.3) is 0 Å². The summed E-state index contributed by atoms with van der Waals surface area (Å²) in [5.41, 5.74) is 5.01. The minimum Gasteiger partial charge on any atom is -0.336 e. The molecule has 0 saturated heterocycles. The average molecular weight is 394 g/mol. The topological polar surface area (TPSA) is 53.9 Å². The van der Waals surface area contributed by atoms with Gasteiger partial charge in [-0.25, -0.2) is 0 Å². The van der Waals surface area contributed by atoms with Crippen molar-refractivity contribution in [3.8, 4) is 0 Å². The number of anilines is 3. The van der Waals surface area contributed by atoms with Gasteiger partial charge in [-0.1, -0.05) is 57.2 Å². The summed E-state index contributed by atoms with van der Waals surface area (Å²) in [5, 5.41) is 3.44. The van der Waals surface area contributed by atoms with E-state index in [9.17, 15) is 0 Å². The summed E-state index contributed by atoms with van der Waals surface area (Å²) < 4.78 is 0. The highest BCUT2D eigenvalue weighted by atomic mass is 35.5. The maximum Gasteiger partial charge on any atom is 0.233 e. The number of aromatic nitrogens is 3. The number of hydrogen-bond donors (Lipinski definition) is 1. The first kappa shape index (κ1) is 18.7. The largest absolute Gasteiger partial charge is 0.336 e. The van der Waals surface area contributed by atoms with Gasteiger partial charge in [0.1, 0.15) is 0 Å². The van der Waals surface area contributed by atoms with E-state index in [4.69, 9.17) is 11.6 Å². The molecule has 0 amide bonds. The number of nitrogens with one attached hydrogen (secondary N) is 1. The molecule has 1 N–H and O–H groups in total. The molecular formula is C22H24ClN5. The van der Waals surface area contributed by atoms with Gasteiger partial charge >= 0.3 is 0 Å². The second-order valence-electron chi connectivity index (χ2n) is 8.12. The van der Waals surface area contributed by atoms with Crippen LogP contribution in [-0.2, 0) is 18.4 Å². The summed E-state index contributed by atoms with van der Waals surface area (Å²) in [6.07, 6.45) is 0.969. The van der Waals surface area contributed by atoms with Crippen molar-refractivity contribution in [1.82, 2.24) is 15.0 Å². The van der Waals surface area contributed by atoms with Crippen LogP contribution in [0.2, 0.25) is 5.28 Å². The molecule has 0 aliphatic carbocycles. The molecule has 4 rings (SSSR count). The molecule has 2 heterocycles. The highest BCUT2D eigenvalue weighted by Crippen LogP contribution is 2.26. The Morgan fingerprint density at radius 3 is 2.36 bits per heavy atom. The van der Waals surface area contributed by atoms with Crippen molar-refractivity contribution in [2.75, 3.05) is 16.8 Å². The monoisotopic (exact) mass is 393 g/mol. The minimum atomic E-state index is 0.118. The first-order valence-corrected chi connectivity index (χ1v) is 9.87. The lowest BCUT2D eigenvalue weighted by atomic mass is 9.87. The number of benzene rings is 2. The van der Waals surface area contributed by atoms with Crippen molar-refractivity contribution in [3.63, 3.8) is 0 Å². The van der Waals surface area contributed by atoms with Crippen molar-refractivity contribution in [2.24, 2.45) is 0 Å². The van der Waals surface area contributed by atoms with Crippen molar-refractivity contribution >= 4 is 29.2 Å². The van der Waals surface area contributed by atoms with Crippen molar-refractivity contribution < 1.29 is 0 Å². The number of halogens is 1. The standard InChI is InChI=1S/C22H24ClN5/c1-22(2,3)17-8-10-18(11-9-17)24-20-25-19(23)26-21(27-20)28-13-12-15-6-4-5-7-16(15)14-28/h4-11H,12-14H2,1-3H3,(H,24,25,26,27). The van der Waals surface area contributed by atoms with Crippen LogP contribution in [0.4, 0.5) is 17.6 Å². The number of nitrogens with zero attached hydrogens (tertiary/aromatic N) is 4. The number of rotatable bonds is 3. The fraction of sp³-hybridized carbons (Fsp3) is 0.318. The lowest BCUT2D eigenvalue weighted by molar-refractivity contribution is 0.590. The molecule has 0 radical (unpaired) electrons. The molecule has 0 saturated carbocycles. The first-order chi connectivity index (χ1) is 13.4. The zero-order chi connectivity index (χ0) is 19.7. The fourth-order valence-corrected chi connectivity index (χ4v) is 3.54. The molecule has 28 heavy (non-hydrogen) atoms. The van der Waals surface area contributed by atoms with Crippen LogP contribution in [0.3, 0.4) is 0 Å². The molecule has 0 atom stereocenters. The maximum atomic E-state index is 6.19. The van der Waals surface area contributed by atoms with Gasteiger partial charge in [-0.2, -0.15) is 15.0 Å². The molecule has 6 heteroatoms. The Morgan fingerprint density at radius 2 is 1.64 bits per heavy atom. The Labute approximate surface area is 170 Å². The molecule has 1 aliphatic heterocycles. The van der Waals surface area contributed by atoms with Gasteiger partial charge in [-0.3, -0.25) is 0 Å². The van der Waals surface area contributed by atoms with Crippen LogP contribution in [0.5, 0.6) is 0 Å². The predicted octanol–water partition coefficient (Wildman–Crippen LogP) is 5.13. The Kier molecular flexibility index (Phi) is 4.94. The Balaban J connectivity index is 1.55. The van der Waals surface area contributed by atoms with Crippen LogP contribution in [0.15, 0.2) is 48.5 Å². The van der Waals surface area contributed by atoms with Gasteiger partial charge in [-0.15, -0.1) is 0 Å². The van der Waals surface area contributed by atoms with Crippen LogP contribution in [0.1, 0.15) is 37.5 Å². The molecule has 5 nitrogen and oxygen atoms in total. The Hall–Kier alpha value is -2.66. The molecule has 1 aromatic heterocycles. The molecule has 0 fully saturated rings. The third-order valence-electron chi connectivity index (χ3n) is 5.02. The summed E-state index contributed by atoms with van der Waals surface area (Å²) in [5.74, 6) is 1.06. The van der Waals surface area contributed by atoms with Gasteiger partial charge < -0.3 is 10.2 Å². The molecule has 144 valence electrons. The van der Waals surface area contributed by atoms with E-state index < -0.39 is 0 Å². The van der Waals surface area contributed by atoms with Gasteiger partial charge in [-0.05, 0) is 52.3 Å². The van der Waals surface area contributed by atoms with Crippen LogP contribution in [0, 0.1) is 0 Å². The fourth-order valence-electron chi connectivity index (χ4n) is 3.39. The summed E-state index contributed by atoms with van der Waals surface area (Å²) in [6, 6.07) is 16.8. The van der Waals surface area contributed by atoms with Gasteiger partial charge in [0.05, 0.1) is 0 Å². The van der Waals surface area contributed by atoms with Crippen LogP contribution in [0.25, 0.3) is 0 Å². The predicted molar refractivity (Wildman–Crippen MR) is 114 cm³/mol. The van der Waals surface area contributed by atoms with E-state index in [1.54, 1.807) is 0 Å². The molecule has 1 aliphatic rings. The molecular weight excluding hydrogens is 370 g/mol. The van der Waals surface area contributed by atoms with E-state index in [-0.39, 0.29) is 10.7 Å². The summed E-state index contributed by atoms with van der Waals surface area (Å²) >= 11 is 6.19. The number of hydrogen-bond acceptors (Lipinski definition) is 5. The molecule has 0 spiro atoms. The molecule has 2 aromatic carbocycles. The Bertz CT molecular complexity index is 979. The van der Waals surface area contributed by atoms with E-state index in [2.05, 4.69) is 82.3 Å². The first-order valence-electron chi connectivity index (χ1n) is 9.49. The SMILES string of the molecule is CC(C)(C)c1ccc(Nc2nc(Cl)nc(N3CCc4ccccc4C3)n2)cc1. The summed E-state index contributed by atoms with van der Waals surface area (Å²) in [7, 11) is 0. The molecule has 0 bridgehead atoms. The van der Waals surface area contributed by atoms with Crippen LogP contribution >= 0.6 is 11.6 Å². The van der Waals surface area contributed by atoms with Crippen molar-refractivity contribution in [2.45, 2.75) is 39.2 Å². The van der Waals surface area contributed by atoms with Gasteiger partial charge in [0.2, 0.25) is 17.2 Å². The van der Waals surface area contributed by atoms with E-state index in [0.29, 0.717) is 11.9 Å². The highest BCUT2D eigenvalue weighted by Gasteiger charge is 2.20. The average Bonchev–Trinajstić information content (AvgIpc) is 2.67. The van der Waals surface area contributed by atoms with E-state index in [0.717, 1.165) is 25.2 Å². The second-order valence-corrected chi connectivity index (χ2v) is 8.46. The van der Waals surface area contributed by atoms with Gasteiger partial charge in [0.15, 0.2) is 0 Å². The zero-order valence-corrected chi connectivity index (χ0v) is 17.2. The van der Waals surface area contributed by atoms with E-state index in [1.807, 2.05) is 12.1 Å². The molecule has 0 unspecified atom stereocenters. The summed E-state index contributed by atoms with van der Waals surface area (Å²) in [4.78, 5) is 15.3. The lowest BCUT2D eigenvalue weighted by Crippen LogP contribution is -2.32. The van der Waals surface area contributed by atoms with E-state index in [1.165, 1.54) is 16.7 Å². The third kappa shape index (κ3) is 4.09. The third-order valence-corrected chi connectivity index (χ3v) is 5.19. The Morgan fingerprint density at radius 1 is 0.929 bits per heavy atom. The maximum absolute atomic E-state index is 6.19. The quantitative estimate of drug-likeness (QED) is 0.668.